The van der Waals surface area contributed by atoms with Gasteiger partial charge in [-0.2, -0.15) is 5.26 Å². The van der Waals surface area contributed by atoms with Gasteiger partial charge in [0.25, 0.3) is 0 Å². The number of rotatable bonds is 6. The lowest BCUT2D eigenvalue weighted by molar-refractivity contribution is 0.414. The van der Waals surface area contributed by atoms with Crippen LogP contribution in [0.4, 0.5) is 4.39 Å². The minimum Gasteiger partial charge on any atom is -0.497 e. The van der Waals surface area contributed by atoms with Crippen molar-refractivity contribution in [2.45, 2.75) is 13.0 Å². The largest absolute Gasteiger partial charge is 0.497 e. The highest BCUT2D eigenvalue weighted by Crippen LogP contribution is 2.22. The predicted molar refractivity (Wildman–Crippen MR) is 101 cm³/mol. The Kier molecular flexibility index (Phi) is 7.24. The number of halogens is 2. The molecule has 0 amide bonds. The first-order valence-corrected chi connectivity index (χ1v) is 8.40. The second kappa shape index (κ2) is 9.64. The number of methoxy groups -OCH3 is 1. The number of guanidine groups is 1. The molecule has 26 heavy (non-hydrogen) atoms. The Morgan fingerprint density at radius 1 is 1.23 bits per heavy atom. The van der Waals surface area contributed by atoms with Crippen LogP contribution in [0.5, 0.6) is 5.75 Å². The van der Waals surface area contributed by atoms with Crippen molar-refractivity contribution in [3.8, 4) is 11.8 Å². The van der Waals surface area contributed by atoms with Crippen LogP contribution in [0.25, 0.3) is 0 Å². The third-order valence-corrected chi connectivity index (χ3v) is 4.15. The van der Waals surface area contributed by atoms with Crippen LogP contribution in [0.2, 0.25) is 5.02 Å². The predicted octanol–water partition coefficient (Wildman–Crippen LogP) is 3.27. The molecule has 2 aromatic carbocycles. The van der Waals surface area contributed by atoms with E-state index in [-0.39, 0.29) is 6.54 Å². The Morgan fingerprint density at radius 3 is 2.62 bits per heavy atom. The quantitative estimate of drug-likeness (QED) is 0.601. The van der Waals surface area contributed by atoms with Crippen molar-refractivity contribution < 1.29 is 9.13 Å². The van der Waals surface area contributed by atoms with Gasteiger partial charge in [0, 0.05) is 30.7 Å². The normalized spacial score (nSPS) is 11.0. The Bertz CT molecular complexity index is 833. The maximum atomic E-state index is 13.9. The standard InChI is InChI=1S/C19H20ClFN4O/c1-23-19(25-12-15-4-3-13(11-22)9-18(15)21)24-8-7-14-5-6-16(26-2)10-17(14)20/h3-6,9-10H,7-8,12H2,1-2H3,(H2,23,24,25). The molecule has 0 aliphatic carbocycles. The van der Waals surface area contributed by atoms with Gasteiger partial charge in [0.05, 0.1) is 18.7 Å². The van der Waals surface area contributed by atoms with E-state index in [1.54, 1.807) is 32.4 Å². The monoisotopic (exact) mass is 374 g/mol. The molecule has 0 aliphatic heterocycles. The lowest BCUT2D eigenvalue weighted by Gasteiger charge is -2.13. The van der Waals surface area contributed by atoms with E-state index >= 15 is 0 Å². The van der Waals surface area contributed by atoms with E-state index in [4.69, 9.17) is 21.6 Å². The summed E-state index contributed by atoms with van der Waals surface area (Å²) in [5.41, 5.74) is 1.75. The number of hydrogen-bond donors (Lipinski definition) is 2. The highest BCUT2D eigenvalue weighted by molar-refractivity contribution is 6.31. The fraction of sp³-hybridized carbons (Fsp3) is 0.263. The Labute approximate surface area is 157 Å². The first-order valence-electron chi connectivity index (χ1n) is 8.03. The molecule has 7 heteroatoms. The first-order chi connectivity index (χ1) is 12.6. The lowest BCUT2D eigenvalue weighted by Crippen LogP contribution is -2.38. The molecule has 0 atom stereocenters. The van der Waals surface area contributed by atoms with Gasteiger partial charge in [0.15, 0.2) is 5.96 Å². The van der Waals surface area contributed by atoms with Gasteiger partial charge in [-0.15, -0.1) is 0 Å². The van der Waals surface area contributed by atoms with Crippen LogP contribution in [-0.2, 0) is 13.0 Å². The zero-order valence-corrected chi connectivity index (χ0v) is 15.4. The molecule has 0 spiro atoms. The molecule has 2 aromatic rings. The topological polar surface area (TPSA) is 69.4 Å². The van der Waals surface area contributed by atoms with E-state index in [1.807, 2.05) is 18.2 Å². The summed E-state index contributed by atoms with van der Waals surface area (Å²) in [6.07, 6.45) is 0.703. The average molecular weight is 375 g/mol. The molecular formula is C19H20ClFN4O. The van der Waals surface area contributed by atoms with Crippen molar-refractivity contribution in [2.75, 3.05) is 20.7 Å². The molecule has 2 N–H and O–H groups in total. The van der Waals surface area contributed by atoms with Crippen LogP contribution in [0.3, 0.4) is 0 Å². The highest BCUT2D eigenvalue weighted by Gasteiger charge is 2.06. The second-order valence-corrected chi connectivity index (χ2v) is 5.89. The van der Waals surface area contributed by atoms with E-state index < -0.39 is 5.82 Å². The molecule has 0 saturated heterocycles. The number of benzene rings is 2. The lowest BCUT2D eigenvalue weighted by atomic mass is 10.1. The molecule has 0 heterocycles. The van der Waals surface area contributed by atoms with Crippen LogP contribution < -0.4 is 15.4 Å². The van der Waals surface area contributed by atoms with E-state index in [0.29, 0.717) is 40.8 Å². The summed E-state index contributed by atoms with van der Waals surface area (Å²) in [5.74, 6) is 0.851. The Hall–Kier alpha value is -2.78. The summed E-state index contributed by atoms with van der Waals surface area (Å²) >= 11 is 6.22. The smallest absolute Gasteiger partial charge is 0.191 e. The van der Waals surface area contributed by atoms with Crippen molar-refractivity contribution in [3.05, 3.63) is 63.9 Å². The van der Waals surface area contributed by atoms with Crippen LogP contribution in [0, 0.1) is 17.1 Å². The highest BCUT2D eigenvalue weighted by atomic mass is 35.5. The summed E-state index contributed by atoms with van der Waals surface area (Å²) in [4.78, 5) is 4.11. The number of nitrogens with zero attached hydrogens (tertiary/aromatic N) is 2. The summed E-state index contributed by atoms with van der Waals surface area (Å²) in [7, 11) is 3.24. The minimum atomic E-state index is -0.419. The average Bonchev–Trinajstić information content (AvgIpc) is 2.66. The zero-order valence-electron chi connectivity index (χ0n) is 14.6. The fourth-order valence-electron chi connectivity index (χ4n) is 2.33. The van der Waals surface area contributed by atoms with Gasteiger partial charge in [-0.3, -0.25) is 4.99 Å². The van der Waals surface area contributed by atoms with Crippen molar-refractivity contribution in [3.63, 3.8) is 0 Å². The number of nitrogens with one attached hydrogen (secondary N) is 2. The van der Waals surface area contributed by atoms with Crippen LogP contribution in [-0.4, -0.2) is 26.7 Å². The van der Waals surface area contributed by atoms with E-state index in [9.17, 15) is 4.39 Å². The SMILES string of the molecule is CN=C(NCCc1ccc(OC)cc1Cl)NCc1ccc(C#N)cc1F. The summed E-state index contributed by atoms with van der Waals surface area (Å²) in [5, 5.41) is 15.6. The first kappa shape index (κ1) is 19.5. The maximum Gasteiger partial charge on any atom is 0.191 e. The molecular weight excluding hydrogens is 355 g/mol. The molecule has 0 radical (unpaired) electrons. The van der Waals surface area contributed by atoms with Crippen molar-refractivity contribution >= 4 is 17.6 Å². The molecule has 0 aromatic heterocycles. The molecule has 2 rings (SSSR count). The van der Waals surface area contributed by atoms with Gasteiger partial charge in [-0.1, -0.05) is 23.7 Å². The summed E-state index contributed by atoms with van der Waals surface area (Å²) in [6.45, 7) is 0.877. The molecule has 0 fully saturated rings. The van der Waals surface area contributed by atoms with Gasteiger partial charge >= 0.3 is 0 Å². The second-order valence-electron chi connectivity index (χ2n) is 5.48. The zero-order chi connectivity index (χ0) is 18.9. The molecule has 5 nitrogen and oxygen atoms in total. The van der Waals surface area contributed by atoms with Gasteiger partial charge < -0.3 is 15.4 Å². The van der Waals surface area contributed by atoms with Crippen LogP contribution >= 0.6 is 11.6 Å². The third-order valence-electron chi connectivity index (χ3n) is 3.80. The van der Waals surface area contributed by atoms with Crippen molar-refractivity contribution in [2.24, 2.45) is 4.99 Å². The number of hydrogen-bond acceptors (Lipinski definition) is 3. The number of nitriles is 1. The van der Waals surface area contributed by atoms with Gasteiger partial charge in [0.1, 0.15) is 11.6 Å². The number of aliphatic imine (C=N–C) groups is 1. The van der Waals surface area contributed by atoms with Crippen molar-refractivity contribution in [1.29, 1.82) is 5.26 Å². The Morgan fingerprint density at radius 2 is 2.00 bits per heavy atom. The number of ether oxygens (including phenoxy) is 1. The summed E-state index contributed by atoms with van der Waals surface area (Å²) in [6, 6.07) is 11.9. The molecule has 0 aliphatic rings. The molecule has 136 valence electrons. The minimum absolute atomic E-state index is 0.264. The summed E-state index contributed by atoms with van der Waals surface area (Å²) < 4.78 is 19.0. The van der Waals surface area contributed by atoms with Gasteiger partial charge in [-0.05, 0) is 36.2 Å². The van der Waals surface area contributed by atoms with E-state index in [2.05, 4.69) is 15.6 Å². The Balaban J connectivity index is 1.86. The fourth-order valence-corrected chi connectivity index (χ4v) is 2.60. The third kappa shape index (κ3) is 5.36. The molecule has 0 saturated carbocycles. The maximum absolute atomic E-state index is 13.9. The van der Waals surface area contributed by atoms with E-state index in [1.165, 1.54) is 6.07 Å². The van der Waals surface area contributed by atoms with Crippen LogP contribution in [0.15, 0.2) is 41.4 Å². The van der Waals surface area contributed by atoms with Gasteiger partial charge in [-0.25, -0.2) is 4.39 Å². The van der Waals surface area contributed by atoms with Crippen molar-refractivity contribution in [1.82, 2.24) is 10.6 Å². The molecule has 0 unspecified atom stereocenters. The molecule has 0 bridgehead atoms. The van der Waals surface area contributed by atoms with Gasteiger partial charge in [0.2, 0.25) is 0 Å². The van der Waals surface area contributed by atoms with Crippen LogP contribution in [0.1, 0.15) is 16.7 Å². The van der Waals surface area contributed by atoms with E-state index in [0.717, 1.165) is 5.56 Å².